The highest BCUT2D eigenvalue weighted by Crippen LogP contribution is 2.34. The highest BCUT2D eigenvalue weighted by Gasteiger charge is 2.25. The lowest BCUT2D eigenvalue weighted by atomic mass is 10.1. The second-order valence-corrected chi connectivity index (χ2v) is 5.51. The van der Waals surface area contributed by atoms with Crippen LogP contribution in [0.3, 0.4) is 0 Å². The first kappa shape index (κ1) is 17.2. The van der Waals surface area contributed by atoms with E-state index in [1.807, 2.05) is 0 Å². The van der Waals surface area contributed by atoms with Gasteiger partial charge in [-0.2, -0.15) is 0 Å². The summed E-state index contributed by atoms with van der Waals surface area (Å²) in [6.45, 7) is -0.609. The molecule has 0 bridgehead atoms. The van der Waals surface area contributed by atoms with Gasteiger partial charge < -0.3 is 9.84 Å². The van der Waals surface area contributed by atoms with Gasteiger partial charge in [0.1, 0.15) is 5.57 Å². The van der Waals surface area contributed by atoms with E-state index in [0.717, 1.165) is 0 Å². The van der Waals surface area contributed by atoms with Gasteiger partial charge in [0, 0.05) is 0 Å². The van der Waals surface area contributed by atoms with Gasteiger partial charge in [-0.15, -0.1) is 0 Å². The van der Waals surface area contributed by atoms with E-state index in [2.05, 4.69) is 22.9 Å². The second kappa shape index (κ2) is 6.95. The molecule has 0 atom stereocenters. The summed E-state index contributed by atoms with van der Waals surface area (Å²) in [5.41, 5.74) is 0.181. The maximum Gasteiger partial charge on any atom is 0.341 e. The fourth-order valence-electron chi connectivity index (χ4n) is 1.71. The molecule has 1 fully saturated rings. The lowest BCUT2D eigenvalue weighted by Gasteiger charge is -2.16. The number of nitrogens with one attached hydrogen (secondary N) is 2. The first-order valence-electron chi connectivity index (χ1n) is 6.00. The minimum absolute atomic E-state index is 0.00314. The Balaban J connectivity index is 2.32. The standard InChI is InChI=1S/C13H8Cl2N2O5S/c14-7-2-5(3-8(15)10(7)22-4-9(18)19)1-6-11(20)16-13(23)17-12(6)21/h1-3H,4H2,(H,18,19)(H2,16,17,20,21,23). The average molecular weight is 375 g/mol. The molecule has 2 rings (SSSR count). The summed E-state index contributed by atoms with van der Waals surface area (Å²) in [5.74, 6) is -2.50. The topological polar surface area (TPSA) is 105 Å². The fraction of sp³-hybridized carbons (Fsp3) is 0.0769. The van der Waals surface area contributed by atoms with Crippen LogP contribution in [0.1, 0.15) is 5.56 Å². The Hall–Kier alpha value is -2.16. The van der Waals surface area contributed by atoms with Gasteiger partial charge in [-0.1, -0.05) is 23.2 Å². The van der Waals surface area contributed by atoms with Crippen molar-refractivity contribution in [3.8, 4) is 5.75 Å². The van der Waals surface area contributed by atoms with E-state index >= 15 is 0 Å². The van der Waals surface area contributed by atoms with Crippen molar-refractivity contribution in [2.24, 2.45) is 0 Å². The summed E-state index contributed by atoms with van der Waals surface area (Å²) in [6.07, 6.45) is 1.27. The minimum atomic E-state index is -1.19. The van der Waals surface area contributed by atoms with Crippen molar-refractivity contribution in [3.63, 3.8) is 0 Å². The van der Waals surface area contributed by atoms with Gasteiger partial charge in [0.2, 0.25) is 0 Å². The predicted octanol–water partition coefficient (Wildman–Crippen LogP) is 1.37. The molecule has 1 saturated heterocycles. The first-order chi connectivity index (χ1) is 10.8. The van der Waals surface area contributed by atoms with Crippen LogP contribution in [-0.4, -0.2) is 34.6 Å². The molecule has 0 spiro atoms. The SMILES string of the molecule is O=C(O)COc1c(Cl)cc(C=C2C(=O)NC(=S)NC2=O)cc1Cl. The number of carboxylic acid groups (broad SMARTS) is 1. The van der Waals surface area contributed by atoms with Crippen molar-refractivity contribution in [2.45, 2.75) is 0 Å². The van der Waals surface area contributed by atoms with Crippen molar-refractivity contribution < 1.29 is 24.2 Å². The van der Waals surface area contributed by atoms with E-state index in [0.29, 0.717) is 5.56 Å². The molecule has 1 aromatic carbocycles. The van der Waals surface area contributed by atoms with Crippen LogP contribution in [0, 0.1) is 0 Å². The van der Waals surface area contributed by atoms with Gasteiger partial charge in [0.05, 0.1) is 10.0 Å². The molecule has 0 aliphatic carbocycles. The highest BCUT2D eigenvalue weighted by molar-refractivity contribution is 7.80. The first-order valence-corrected chi connectivity index (χ1v) is 7.16. The Bertz CT molecular complexity index is 718. The van der Waals surface area contributed by atoms with Gasteiger partial charge in [0.25, 0.3) is 11.8 Å². The lowest BCUT2D eigenvalue weighted by molar-refractivity contribution is -0.139. The Kier molecular flexibility index (Phi) is 5.19. The van der Waals surface area contributed by atoms with Crippen molar-refractivity contribution >= 4 is 64.4 Å². The summed E-state index contributed by atoms with van der Waals surface area (Å²) in [4.78, 5) is 34.0. The third kappa shape index (κ3) is 4.19. The molecular formula is C13H8Cl2N2O5S. The van der Waals surface area contributed by atoms with E-state index in [4.69, 9.17) is 33.0 Å². The fourth-order valence-corrected chi connectivity index (χ4v) is 2.51. The number of thiocarbonyl (C=S) groups is 1. The largest absolute Gasteiger partial charge is 0.479 e. The highest BCUT2D eigenvalue weighted by atomic mass is 35.5. The third-order valence-corrected chi connectivity index (χ3v) is 3.38. The van der Waals surface area contributed by atoms with E-state index < -0.39 is 24.4 Å². The molecule has 0 unspecified atom stereocenters. The van der Waals surface area contributed by atoms with E-state index in [1.54, 1.807) is 0 Å². The smallest absolute Gasteiger partial charge is 0.341 e. The molecule has 1 aliphatic rings. The number of aliphatic carboxylic acids is 1. The van der Waals surface area contributed by atoms with Gasteiger partial charge >= 0.3 is 5.97 Å². The van der Waals surface area contributed by atoms with E-state index in [1.165, 1.54) is 18.2 Å². The summed E-state index contributed by atoms with van der Waals surface area (Å²) in [7, 11) is 0. The van der Waals surface area contributed by atoms with Gasteiger partial charge in [-0.25, -0.2) is 4.79 Å². The molecule has 0 aromatic heterocycles. The number of benzene rings is 1. The van der Waals surface area contributed by atoms with Gasteiger partial charge in [-0.05, 0) is 36.0 Å². The summed E-state index contributed by atoms with van der Waals surface area (Å²) < 4.78 is 4.97. The summed E-state index contributed by atoms with van der Waals surface area (Å²) >= 11 is 16.6. The number of carbonyl (C=O) groups excluding carboxylic acids is 2. The number of hydrogen-bond acceptors (Lipinski definition) is 5. The monoisotopic (exact) mass is 374 g/mol. The van der Waals surface area contributed by atoms with Crippen LogP contribution in [0.4, 0.5) is 0 Å². The molecule has 23 heavy (non-hydrogen) atoms. The minimum Gasteiger partial charge on any atom is -0.479 e. The Morgan fingerprint density at radius 1 is 1.22 bits per heavy atom. The molecule has 3 N–H and O–H groups in total. The van der Waals surface area contributed by atoms with Crippen molar-refractivity contribution in [2.75, 3.05) is 6.61 Å². The number of hydrogen-bond donors (Lipinski definition) is 3. The molecule has 120 valence electrons. The Labute approximate surface area is 145 Å². The zero-order chi connectivity index (χ0) is 17.1. The average Bonchev–Trinajstić information content (AvgIpc) is 2.41. The molecule has 1 aromatic rings. The van der Waals surface area contributed by atoms with Gasteiger partial charge in [0.15, 0.2) is 17.5 Å². The summed E-state index contributed by atoms with van der Waals surface area (Å²) in [5, 5.41) is 13.2. The normalized spacial score (nSPS) is 14.2. The molecule has 2 amide bonds. The van der Waals surface area contributed by atoms with E-state index in [-0.39, 0.29) is 26.5 Å². The number of carbonyl (C=O) groups is 3. The third-order valence-electron chi connectivity index (χ3n) is 2.61. The van der Waals surface area contributed by atoms with Crippen LogP contribution in [-0.2, 0) is 14.4 Å². The number of carboxylic acids is 1. The molecule has 1 heterocycles. The number of amides is 2. The lowest BCUT2D eigenvalue weighted by Crippen LogP contribution is -2.51. The number of rotatable bonds is 4. The van der Waals surface area contributed by atoms with Gasteiger partial charge in [-0.3, -0.25) is 20.2 Å². The van der Waals surface area contributed by atoms with Crippen LogP contribution >= 0.6 is 35.4 Å². The van der Waals surface area contributed by atoms with E-state index in [9.17, 15) is 14.4 Å². The van der Waals surface area contributed by atoms with Crippen LogP contribution in [0.5, 0.6) is 5.75 Å². The Morgan fingerprint density at radius 2 is 1.74 bits per heavy atom. The zero-order valence-corrected chi connectivity index (χ0v) is 13.5. The predicted molar refractivity (Wildman–Crippen MR) is 86.5 cm³/mol. The van der Waals surface area contributed by atoms with Crippen LogP contribution in [0.2, 0.25) is 10.0 Å². The van der Waals surface area contributed by atoms with Crippen LogP contribution in [0.15, 0.2) is 17.7 Å². The van der Waals surface area contributed by atoms with Crippen LogP contribution < -0.4 is 15.4 Å². The molecule has 7 nitrogen and oxygen atoms in total. The maximum atomic E-state index is 11.8. The molecule has 0 saturated carbocycles. The molecule has 0 radical (unpaired) electrons. The van der Waals surface area contributed by atoms with Crippen molar-refractivity contribution in [3.05, 3.63) is 33.3 Å². The molecular weight excluding hydrogens is 367 g/mol. The number of ether oxygens (including phenoxy) is 1. The second-order valence-electron chi connectivity index (χ2n) is 4.29. The molecule has 10 heteroatoms. The quantitative estimate of drug-likeness (QED) is 0.417. The van der Waals surface area contributed by atoms with Crippen molar-refractivity contribution in [1.82, 2.24) is 10.6 Å². The number of halogens is 2. The maximum absolute atomic E-state index is 11.8. The summed E-state index contributed by atoms with van der Waals surface area (Å²) in [6, 6.07) is 2.76. The van der Waals surface area contributed by atoms with Crippen LogP contribution in [0.25, 0.3) is 6.08 Å². The Morgan fingerprint density at radius 3 is 2.22 bits per heavy atom. The van der Waals surface area contributed by atoms with Crippen molar-refractivity contribution in [1.29, 1.82) is 0 Å². The zero-order valence-electron chi connectivity index (χ0n) is 11.2. The molecule has 1 aliphatic heterocycles.